The molecule has 0 aliphatic carbocycles. The highest BCUT2D eigenvalue weighted by Gasteiger charge is 2.24. The van der Waals surface area contributed by atoms with Crippen molar-refractivity contribution < 1.29 is 9.66 Å². The summed E-state index contributed by atoms with van der Waals surface area (Å²) in [6, 6.07) is 3.30. The first-order chi connectivity index (χ1) is 10.7. The Hall–Kier alpha value is -1.69. The maximum Gasteiger partial charge on any atom is 0.363 e. The van der Waals surface area contributed by atoms with Gasteiger partial charge in [-0.2, -0.15) is 0 Å². The number of hydrogen-bond donors (Lipinski definition) is 0. The quantitative estimate of drug-likeness (QED) is 0.632. The summed E-state index contributed by atoms with van der Waals surface area (Å²) < 4.78 is 5.43. The van der Waals surface area contributed by atoms with Gasteiger partial charge in [0, 0.05) is 32.4 Å². The molecule has 2 aliphatic rings. The van der Waals surface area contributed by atoms with Crippen LogP contribution in [0.25, 0.3) is 0 Å². The Bertz CT molecular complexity index is 492. The Kier molecular flexibility index (Phi) is 4.87. The molecule has 22 heavy (non-hydrogen) atoms. The van der Waals surface area contributed by atoms with Gasteiger partial charge < -0.3 is 19.8 Å². The van der Waals surface area contributed by atoms with Gasteiger partial charge in [0.25, 0.3) is 0 Å². The van der Waals surface area contributed by atoms with Crippen molar-refractivity contribution in [3.63, 3.8) is 0 Å². The van der Waals surface area contributed by atoms with Gasteiger partial charge in [-0.1, -0.05) is 0 Å². The van der Waals surface area contributed by atoms with Gasteiger partial charge in [-0.15, -0.1) is 0 Å². The minimum atomic E-state index is -0.454. The van der Waals surface area contributed by atoms with Crippen molar-refractivity contribution >= 4 is 11.5 Å². The van der Waals surface area contributed by atoms with Gasteiger partial charge in [-0.3, -0.25) is 0 Å². The first kappa shape index (κ1) is 15.2. The first-order valence-corrected chi connectivity index (χ1v) is 8.15. The number of anilines is 1. The fourth-order valence-corrected chi connectivity index (χ4v) is 3.55. The molecular formula is C16H23N3O3. The molecule has 0 aromatic carbocycles. The molecule has 120 valence electrons. The van der Waals surface area contributed by atoms with E-state index in [0.717, 1.165) is 43.8 Å². The summed E-state index contributed by atoms with van der Waals surface area (Å²) in [6.07, 6.45) is 7.79. The van der Waals surface area contributed by atoms with E-state index >= 15 is 0 Å². The third-order valence-electron chi connectivity index (χ3n) is 4.91. The topological polar surface area (TPSA) is 68.5 Å². The molecule has 2 aliphatic heterocycles. The number of nitrogens with zero attached hydrogens (tertiary/aromatic N) is 3. The summed E-state index contributed by atoms with van der Waals surface area (Å²) >= 11 is 0. The number of pyridine rings is 1. The maximum absolute atomic E-state index is 10.6. The number of hydrogen-bond acceptors (Lipinski definition) is 5. The van der Waals surface area contributed by atoms with Crippen molar-refractivity contribution in [3.8, 4) is 0 Å². The summed E-state index contributed by atoms with van der Waals surface area (Å²) in [4.78, 5) is 16.4. The van der Waals surface area contributed by atoms with E-state index < -0.39 is 4.92 Å². The van der Waals surface area contributed by atoms with Crippen molar-refractivity contribution in [2.24, 2.45) is 11.8 Å². The standard InChI is InChI=1S/C16H23N3O3/c20-19(21)16-2-1-15(12-17-16)18-7-3-13(4-8-18)11-14-5-9-22-10-6-14/h1-2,12-14H,3-11H2. The molecule has 6 nitrogen and oxygen atoms in total. The van der Waals surface area contributed by atoms with Gasteiger partial charge in [0.2, 0.25) is 0 Å². The van der Waals surface area contributed by atoms with Crippen LogP contribution >= 0.6 is 0 Å². The molecule has 0 spiro atoms. The molecule has 0 N–H and O–H groups in total. The average molecular weight is 305 g/mol. The molecule has 0 atom stereocenters. The zero-order chi connectivity index (χ0) is 15.4. The Labute approximate surface area is 130 Å². The summed E-state index contributed by atoms with van der Waals surface area (Å²) in [5.41, 5.74) is 0.995. The largest absolute Gasteiger partial charge is 0.381 e. The number of nitro groups is 1. The lowest BCUT2D eigenvalue weighted by Gasteiger charge is -2.35. The molecule has 2 saturated heterocycles. The van der Waals surface area contributed by atoms with Crippen LogP contribution in [-0.4, -0.2) is 36.2 Å². The van der Waals surface area contributed by atoms with E-state index in [1.165, 1.54) is 38.2 Å². The summed E-state index contributed by atoms with van der Waals surface area (Å²) in [7, 11) is 0. The Morgan fingerprint density at radius 2 is 1.86 bits per heavy atom. The Balaban J connectivity index is 1.49. The average Bonchev–Trinajstić information content (AvgIpc) is 2.57. The fraction of sp³-hybridized carbons (Fsp3) is 0.688. The predicted molar refractivity (Wildman–Crippen MR) is 84.0 cm³/mol. The highest BCUT2D eigenvalue weighted by Crippen LogP contribution is 2.31. The predicted octanol–water partition coefficient (Wildman–Crippen LogP) is 3.02. The lowest BCUT2D eigenvalue weighted by molar-refractivity contribution is -0.389. The van der Waals surface area contributed by atoms with Crippen molar-refractivity contribution in [3.05, 3.63) is 28.4 Å². The minimum absolute atomic E-state index is 0.0850. The lowest BCUT2D eigenvalue weighted by Crippen LogP contribution is -2.34. The van der Waals surface area contributed by atoms with E-state index in [9.17, 15) is 10.1 Å². The van der Waals surface area contributed by atoms with Crippen molar-refractivity contribution in [1.29, 1.82) is 0 Å². The minimum Gasteiger partial charge on any atom is -0.381 e. The molecule has 0 radical (unpaired) electrons. The van der Waals surface area contributed by atoms with Crippen LogP contribution in [0.4, 0.5) is 11.5 Å². The van der Waals surface area contributed by atoms with E-state index in [1.807, 2.05) is 6.07 Å². The highest BCUT2D eigenvalue weighted by atomic mass is 16.6. The second kappa shape index (κ2) is 7.05. The van der Waals surface area contributed by atoms with Crippen molar-refractivity contribution in [2.75, 3.05) is 31.2 Å². The third kappa shape index (κ3) is 3.74. The van der Waals surface area contributed by atoms with Gasteiger partial charge in [0.15, 0.2) is 6.20 Å². The highest BCUT2D eigenvalue weighted by molar-refractivity contribution is 5.46. The molecule has 6 heteroatoms. The second-order valence-corrected chi connectivity index (χ2v) is 6.35. The zero-order valence-electron chi connectivity index (χ0n) is 12.8. The van der Waals surface area contributed by atoms with E-state index in [0.29, 0.717) is 0 Å². The molecule has 0 saturated carbocycles. The third-order valence-corrected chi connectivity index (χ3v) is 4.91. The second-order valence-electron chi connectivity index (χ2n) is 6.35. The van der Waals surface area contributed by atoms with Gasteiger partial charge in [-0.05, 0) is 59.9 Å². The van der Waals surface area contributed by atoms with E-state index in [4.69, 9.17) is 4.74 Å². The first-order valence-electron chi connectivity index (χ1n) is 8.15. The van der Waals surface area contributed by atoms with Crippen LogP contribution in [0.15, 0.2) is 18.3 Å². The van der Waals surface area contributed by atoms with Crippen LogP contribution in [0, 0.1) is 22.0 Å². The Morgan fingerprint density at radius 1 is 1.18 bits per heavy atom. The van der Waals surface area contributed by atoms with Gasteiger partial charge in [0.1, 0.15) is 0 Å². The van der Waals surface area contributed by atoms with Crippen LogP contribution < -0.4 is 4.90 Å². The monoisotopic (exact) mass is 305 g/mol. The van der Waals surface area contributed by atoms with Crippen LogP contribution in [-0.2, 0) is 4.74 Å². The molecule has 3 rings (SSSR count). The van der Waals surface area contributed by atoms with Crippen molar-refractivity contribution in [2.45, 2.75) is 32.1 Å². The molecular weight excluding hydrogens is 282 g/mol. The molecule has 0 bridgehead atoms. The van der Waals surface area contributed by atoms with Gasteiger partial charge >= 0.3 is 5.82 Å². The molecule has 1 aromatic rings. The molecule has 3 heterocycles. The van der Waals surface area contributed by atoms with Gasteiger partial charge in [-0.25, -0.2) is 0 Å². The number of rotatable bonds is 4. The van der Waals surface area contributed by atoms with E-state index in [2.05, 4.69) is 9.88 Å². The summed E-state index contributed by atoms with van der Waals surface area (Å²) in [6.45, 7) is 3.90. The van der Waals surface area contributed by atoms with Crippen LogP contribution in [0.1, 0.15) is 32.1 Å². The number of piperidine rings is 1. The normalized spacial score (nSPS) is 21.0. The van der Waals surface area contributed by atoms with Crippen LogP contribution in [0.2, 0.25) is 0 Å². The van der Waals surface area contributed by atoms with E-state index in [-0.39, 0.29) is 5.82 Å². The summed E-state index contributed by atoms with van der Waals surface area (Å²) in [5, 5.41) is 10.6. The smallest absolute Gasteiger partial charge is 0.363 e. The molecule has 0 unspecified atom stereocenters. The summed E-state index contributed by atoms with van der Waals surface area (Å²) in [5.74, 6) is 1.56. The maximum atomic E-state index is 10.6. The number of aromatic nitrogens is 1. The van der Waals surface area contributed by atoms with E-state index in [1.54, 1.807) is 6.20 Å². The zero-order valence-corrected chi connectivity index (χ0v) is 12.8. The van der Waals surface area contributed by atoms with Crippen LogP contribution in [0.5, 0.6) is 0 Å². The SMILES string of the molecule is O=[N+]([O-])c1ccc(N2CCC(CC3CCOCC3)CC2)cn1. The van der Waals surface area contributed by atoms with Crippen LogP contribution in [0.3, 0.4) is 0 Å². The van der Waals surface area contributed by atoms with Crippen molar-refractivity contribution in [1.82, 2.24) is 4.98 Å². The Morgan fingerprint density at radius 3 is 2.45 bits per heavy atom. The molecule has 0 amide bonds. The lowest BCUT2D eigenvalue weighted by atomic mass is 9.84. The molecule has 1 aromatic heterocycles. The fourth-order valence-electron chi connectivity index (χ4n) is 3.55. The molecule has 2 fully saturated rings. The van der Waals surface area contributed by atoms with Gasteiger partial charge in [0.05, 0.1) is 5.69 Å². The number of ether oxygens (including phenoxy) is 1.